The van der Waals surface area contributed by atoms with Crippen molar-refractivity contribution >= 4 is 5.97 Å². The van der Waals surface area contributed by atoms with Gasteiger partial charge in [-0.25, -0.2) is 0 Å². The molecule has 0 aromatic carbocycles. The third-order valence-corrected chi connectivity index (χ3v) is 8.56. The van der Waals surface area contributed by atoms with Gasteiger partial charge in [-0.2, -0.15) is 0 Å². The summed E-state index contributed by atoms with van der Waals surface area (Å²) in [7, 11) is 0. The predicted molar refractivity (Wildman–Crippen MR) is 98.8 cm³/mol. The Morgan fingerprint density at radius 3 is 2.65 bits per heavy atom. The molecule has 0 aromatic rings. The van der Waals surface area contributed by atoms with Gasteiger partial charge in [0.05, 0.1) is 12.0 Å². The number of esters is 1. The Morgan fingerprint density at radius 1 is 1.19 bits per heavy atom. The molecule has 1 spiro atoms. The molecule has 5 heteroatoms. The molecule has 2 aliphatic carbocycles. The minimum Gasteiger partial charge on any atom is -0.462 e. The second kappa shape index (κ2) is 5.92. The van der Waals surface area contributed by atoms with Gasteiger partial charge in [-0.1, -0.05) is 27.2 Å². The van der Waals surface area contributed by atoms with Crippen LogP contribution in [0.1, 0.15) is 46.5 Å². The molecule has 0 N–H and O–H groups in total. The van der Waals surface area contributed by atoms with Crippen molar-refractivity contribution in [2.24, 2.45) is 23.2 Å². The zero-order valence-corrected chi connectivity index (χ0v) is 16.6. The summed E-state index contributed by atoms with van der Waals surface area (Å²) in [6.45, 7) is 13.3. The minimum atomic E-state index is 0.0104. The number of nitrogens with zero attached hydrogens (tertiary/aromatic N) is 2. The molecule has 146 valence electrons. The van der Waals surface area contributed by atoms with Gasteiger partial charge in [0.15, 0.2) is 0 Å². The van der Waals surface area contributed by atoms with E-state index in [1.54, 1.807) is 0 Å². The molecule has 5 nitrogen and oxygen atoms in total. The Kier molecular flexibility index (Phi) is 3.97. The van der Waals surface area contributed by atoms with E-state index in [4.69, 9.17) is 9.47 Å². The fraction of sp³-hybridized carbons (Fsp3) is 0.952. The van der Waals surface area contributed by atoms with Crippen molar-refractivity contribution < 1.29 is 14.3 Å². The van der Waals surface area contributed by atoms with Gasteiger partial charge >= 0.3 is 5.97 Å². The summed E-state index contributed by atoms with van der Waals surface area (Å²) in [6, 6.07) is 0. The topological polar surface area (TPSA) is 45.3 Å². The van der Waals surface area contributed by atoms with Crippen LogP contribution < -0.4 is 0 Å². The number of carbonyl (C=O) groups is 1. The van der Waals surface area contributed by atoms with E-state index in [9.17, 15) is 4.79 Å². The van der Waals surface area contributed by atoms with Crippen molar-refractivity contribution in [2.75, 3.05) is 39.3 Å². The average molecular weight is 363 g/mol. The van der Waals surface area contributed by atoms with Crippen molar-refractivity contribution in [1.82, 2.24) is 9.80 Å². The molecule has 0 aromatic heterocycles. The first-order chi connectivity index (χ1) is 12.5. The summed E-state index contributed by atoms with van der Waals surface area (Å²) in [5.74, 6) is 0.937. The second-order valence-corrected chi connectivity index (χ2v) is 9.78. The maximum atomic E-state index is 12.8. The monoisotopic (exact) mass is 362 g/mol. The number of epoxide rings is 1. The van der Waals surface area contributed by atoms with E-state index < -0.39 is 0 Å². The lowest BCUT2D eigenvalue weighted by Crippen LogP contribution is -2.55. The molecule has 0 unspecified atom stereocenters. The van der Waals surface area contributed by atoms with E-state index in [-0.39, 0.29) is 41.0 Å². The first-order valence-electron chi connectivity index (χ1n) is 10.8. The molecule has 0 bridgehead atoms. The third-order valence-electron chi connectivity index (χ3n) is 8.56. The molecule has 7 atom stereocenters. The lowest BCUT2D eigenvalue weighted by Gasteiger charge is -2.49. The van der Waals surface area contributed by atoms with E-state index in [0.29, 0.717) is 5.92 Å². The SMILES string of the molecule is CCN1CCN(C[C@@H]2C(=O)O[C@@H]3C[C@@]4(C)CCC[C@H](C)[C@@]45O[C@H]5[C@H]23)CC1. The Balaban J connectivity index is 1.34. The molecule has 5 fully saturated rings. The summed E-state index contributed by atoms with van der Waals surface area (Å²) in [6.07, 6.45) is 5.10. The van der Waals surface area contributed by atoms with Gasteiger partial charge in [-0.05, 0) is 31.7 Å². The number of ether oxygens (including phenoxy) is 2. The summed E-state index contributed by atoms with van der Waals surface area (Å²) >= 11 is 0. The highest BCUT2D eigenvalue weighted by molar-refractivity contribution is 5.76. The molecule has 5 aliphatic rings. The Bertz CT molecular complexity index is 590. The lowest BCUT2D eigenvalue weighted by atomic mass is 9.53. The lowest BCUT2D eigenvalue weighted by molar-refractivity contribution is -0.146. The fourth-order valence-corrected chi connectivity index (χ4v) is 7.01. The second-order valence-electron chi connectivity index (χ2n) is 9.78. The summed E-state index contributed by atoms with van der Waals surface area (Å²) in [5.41, 5.74) is 0.220. The molecular weight excluding hydrogens is 328 g/mol. The van der Waals surface area contributed by atoms with Crippen molar-refractivity contribution in [3.8, 4) is 0 Å². The summed E-state index contributed by atoms with van der Waals surface area (Å²) < 4.78 is 12.5. The van der Waals surface area contributed by atoms with Crippen LogP contribution in [0, 0.1) is 23.2 Å². The van der Waals surface area contributed by atoms with Crippen LogP contribution in [0.3, 0.4) is 0 Å². The highest BCUT2D eigenvalue weighted by atomic mass is 16.6. The fourth-order valence-electron chi connectivity index (χ4n) is 7.01. The smallest absolute Gasteiger partial charge is 0.311 e. The number of rotatable bonds is 3. The van der Waals surface area contributed by atoms with Gasteiger partial charge in [0.25, 0.3) is 0 Å². The number of likely N-dealkylation sites (N-methyl/N-ethyl adjacent to an activating group) is 1. The molecule has 26 heavy (non-hydrogen) atoms. The molecule has 0 radical (unpaired) electrons. The van der Waals surface area contributed by atoms with Crippen LogP contribution in [0.4, 0.5) is 0 Å². The zero-order valence-electron chi connectivity index (χ0n) is 16.6. The van der Waals surface area contributed by atoms with Crippen molar-refractivity contribution in [1.29, 1.82) is 0 Å². The molecular formula is C21H34N2O3. The van der Waals surface area contributed by atoms with E-state index in [1.165, 1.54) is 19.3 Å². The van der Waals surface area contributed by atoms with Crippen LogP contribution >= 0.6 is 0 Å². The largest absolute Gasteiger partial charge is 0.462 e. The third kappa shape index (κ3) is 2.29. The maximum Gasteiger partial charge on any atom is 0.311 e. The normalized spacial score (nSPS) is 51.3. The number of fused-ring (bicyclic) bond motifs is 2. The zero-order chi connectivity index (χ0) is 18.1. The van der Waals surface area contributed by atoms with Crippen molar-refractivity contribution in [3.05, 3.63) is 0 Å². The van der Waals surface area contributed by atoms with Crippen molar-refractivity contribution in [2.45, 2.75) is 64.3 Å². The van der Waals surface area contributed by atoms with Crippen LogP contribution in [0.5, 0.6) is 0 Å². The van der Waals surface area contributed by atoms with E-state index in [2.05, 4.69) is 30.6 Å². The summed E-state index contributed by atoms with van der Waals surface area (Å²) in [4.78, 5) is 17.7. The maximum absolute atomic E-state index is 12.8. The molecule has 3 heterocycles. The molecule has 3 aliphatic heterocycles. The van der Waals surface area contributed by atoms with Gasteiger partial charge in [0.1, 0.15) is 11.7 Å². The average Bonchev–Trinajstić information content (AvgIpc) is 3.31. The van der Waals surface area contributed by atoms with Crippen LogP contribution in [-0.2, 0) is 14.3 Å². The van der Waals surface area contributed by atoms with Crippen LogP contribution in [0.15, 0.2) is 0 Å². The first-order valence-corrected chi connectivity index (χ1v) is 10.8. The van der Waals surface area contributed by atoms with Gasteiger partial charge in [0.2, 0.25) is 0 Å². The molecule has 5 rings (SSSR count). The minimum absolute atomic E-state index is 0.0104. The van der Waals surface area contributed by atoms with Gasteiger partial charge < -0.3 is 14.4 Å². The number of piperazine rings is 1. The highest BCUT2D eigenvalue weighted by Crippen LogP contribution is 2.70. The van der Waals surface area contributed by atoms with Crippen molar-refractivity contribution in [3.63, 3.8) is 0 Å². The van der Waals surface area contributed by atoms with Gasteiger partial charge in [0, 0.05) is 44.1 Å². The van der Waals surface area contributed by atoms with Gasteiger partial charge in [-0.15, -0.1) is 0 Å². The van der Waals surface area contributed by atoms with Crippen LogP contribution in [0.2, 0.25) is 0 Å². The van der Waals surface area contributed by atoms with E-state index in [1.807, 2.05) is 0 Å². The number of hydrogen-bond acceptors (Lipinski definition) is 5. The predicted octanol–water partition coefficient (Wildman–Crippen LogP) is 2.15. The first kappa shape index (κ1) is 17.4. The van der Waals surface area contributed by atoms with Crippen LogP contribution in [-0.4, -0.2) is 72.8 Å². The Morgan fingerprint density at radius 2 is 1.92 bits per heavy atom. The summed E-state index contributed by atoms with van der Waals surface area (Å²) in [5, 5.41) is 0. The number of hydrogen-bond donors (Lipinski definition) is 0. The molecule has 3 saturated heterocycles. The Hall–Kier alpha value is -0.650. The van der Waals surface area contributed by atoms with Crippen LogP contribution in [0.25, 0.3) is 0 Å². The van der Waals surface area contributed by atoms with E-state index >= 15 is 0 Å². The Labute approximate surface area is 157 Å². The standard InChI is InChI=1S/C21H34N2O3/c1-4-22-8-10-23(11-9-22)13-15-17-16(25-19(15)24)12-20(3)7-5-6-14(2)21(20)18(17)26-21/h14-18H,4-13H2,1-3H3/t14-,15-,16+,17+,18-,20+,21-/m0/s1. The molecule has 2 saturated carbocycles. The van der Waals surface area contributed by atoms with Gasteiger partial charge in [-0.3, -0.25) is 9.69 Å². The quantitative estimate of drug-likeness (QED) is 0.569. The molecule has 0 amide bonds. The number of carbonyl (C=O) groups excluding carboxylic acids is 1. The highest BCUT2D eigenvalue weighted by Gasteiger charge is 2.78. The van der Waals surface area contributed by atoms with E-state index in [0.717, 1.165) is 45.7 Å².